The van der Waals surface area contributed by atoms with E-state index in [4.69, 9.17) is 4.74 Å². The quantitative estimate of drug-likeness (QED) is 0.310. The second-order valence-corrected chi connectivity index (χ2v) is 8.67. The minimum absolute atomic E-state index is 0.144. The van der Waals surface area contributed by atoms with Crippen molar-refractivity contribution in [2.75, 3.05) is 0 Å². The maximum absolute atomic E-state index is 11.2. The molecule has 0 aliphatic rings. The molecule has 1 heterocycles. The van der Waals surface area contributed by atoms with Crippen molar-refractivity contribution in [3.8, 4) is 23.1 Å². The first-order valence-corrected chi connectivity index (χ1v) is 10.2. The summed E-state index contributed by atoms with van der Waals surface area (Å²) >= 11 is 6.42. The highest BCUT2D eigenvalue weighted by Crippen LogP contribution is 2.35. The van der Waals surface area contributed by atoms with Crippen LogP contribution < -0.4 is 10.4 Å². The normalized spacial score (nSPS) is 10.8. The van der Waals surface area contributed by atoms with Crippen LogP contribution in [0.25, 0.3) is 0 Å². The number of aromatic amines is 2. The van der Waals surface area contributed by atoms with E-state index in [0.29, 0.717) is 21.4 Å². The molecule has 3 rings (SSSR count). The molecule has 130 valence electrons. The van der Waals surface area contributed by atoms with E-state index in [2.05, 4.69) is 55.1 Å². The highest BCUT2D eigenvalue weighted by molar-refractivity contribution is 14.1. The van der Waals surface area contributed by atoms with Gasteiger partial charge in [0.2, 0.25) is 5.88 Å². The smallest absolute Gasteiger partial charge is 0.325 e. The number of rotatable bonds is 4. The number of aromatic nitrogens is 2. The molecule has 0 unspecified atom stereocenters. The summed E-state index contributed by atoms with van der Waals surface area (Å²) in [5, 5.41) is 19.3. The molecule has 0 fully saturated rings. The zero-order valence-corrected chi connectivity index (χ0v) is 18.9. The van der Waals surface area contributed by atoms with Crippen LogP contribution in [0.1, 0.15) is 11.3 Å². The van der Waals surface area contributed by atoms with E-state index in [1.807, 2.05) is 34.7 Å². The first-order valence-electron chi connectivity index (χ1n) is 6.98. The minimum Gasteiger partial charge on any atom is -0.507 e. The molecule has 0 saturated carbocycles. The third-order valence-corrected chi connectivity index (χ3v) is 5.83. The molecule has 0 amide bonds. The Balaban J connectivity index is 1.88. The van der Waals surface area contributed by atoms with Crippen molar-refractivity contribution in [2.24, 2.45) is 0 Å². The molecule has 0 aliphatic carbocycles. The van der Waals surface area contributed by atoms with Gasteiger partial charge in [-0.15, -0.1) is 0 Å². The van der Waals surface area contributed by atoms with Gasteiger partial charge in [-0.05, 0) is 104 Å². The predicted molar refractivity (Wildman–Crippen MR) is 119 cm³/mol. The Morgan fingerprint density at radius 1 is 0.960 bits per heavy atom. The third-order valence-electron chi connectivity index (χ3n) is 3.36. The number of hydrogen-bond acceptors (Lipinski definition) is 4. The Morgan fingerprint density at radius 3 is 2.20 bits per heavy atom. The lowest BCUT2D eigenvalue weighted by Gasteiger charge is -2.12. The summed E-state index contributed by atoms with van der Waals surface area (Å²) < 4.78 is 8.48. The van der Waals surface area contributed by atoms with Gasteiger partial charge in [0.25, 0.3) is 0 Å². The zero-order chi connectivity index (χ0) is 18.1. The van der Waals surface area contributed by atoms with Crippen LogP contribution in [0.3, 0.4) is 0 Å². The van der Waals surface area contributed by atoms with Crippen LogP contribution >= 0.6 is 67.8 Å². The van der Waals surface area contributed by atoms with Gasteiger partial charge in [0.1, 0.15) is 11.5 Å². The number of aromatic hydroxyl groups is 2. The Hall–Kier alpha value is -0.960. The molecule has 0 atom stereocenters. The summed E-state index contributed by atoms with van der Waals surface area (Å²) in [6, 6.07) is 8.94. The molecule has 9 heteroatoms. The third kappa shape index (κ3) is 4.42. The number of phenols is 1. The lowest BCUT2D eigenvalue weighted by molar-refractivity contribution is 0.450. The van der Waals surface area contributed by atoms with Crippen LogP contribution in [-0.4, -0.2) is 20.2 Å². The zero-order valence-electron chi connectivity index (χ0n) is 12.4. The summed E-state index contributed by atoms with van der Waals surface area (Å²) in [6.07, 6.45) is 0.397. The maximum Gasteiger partial charge on any atom is 0.325 e. The van der Waals surface area contributed by atoms with Crippen molar-refractivity contribution in [2.45, 2.75) is 6.42 Å². The summed E-state index contributed by atoms with van der Waals surface area (Å²) in [5.41, 5.74) is 0.948. The van der Waals surface area contributed by atoms with E-state index >= 15 is 0 Å². The number of imidazole rings is 1. The molecule has 0 saturated heterocycles. The molecule has 0 aliphatic heterocycles. The van der Waals surface area contributed by atoms with Crippen molar-refractivity contribution in [3.05, 3.63) is 62.8 Å². The molecule has 2 aromatic carbocycles. The van der Waals surface area contributed by atoms with Gasteiger partial charge in [0.05, 0.1) is 16.4 Å². The lowest BCUT2D eigenvalue weighted by atomic mass is 10.1. The molecule has 0 spiro atoms. The van der Waals surface area contributed by atoms with Gasteiger partial charge in [-0.1, -0.05) is 0 Å². The monoisotopic (exact) mass is 676 g/mol. The fraction of sp³-hybridized carbons (Fsp3) is 0.0625. The molecule has 0 radical (unpaired) electrons. The van der Waals surface area contributed by atoms with Crippen molar-refractivity contribution in [1.82, 2.24) is 9.97 Å². The van der Waals surface area contributed by atoms with E-state index < -0.39 is 5.69 Å². The first kappa shape index (κ1) is 18.8. The topological polar surface area (TPSA) is 98.3 Å². The van der Waals surface area contributed by atoms with Crippen LogP contribution in [0.15, 0.2) is 35.1 Å². The summed E-state index contributed by atoms with van der Waals surface area (Å²) in [4.78, 5) is 16.1. The average Bonchev–Trinajstić information content (AvgIpc) is 2.84. The number of hydrogen-bond donors (Lipinski definition) is 4. The van der Waals surface area contributed by atoms with E-state index in [1.54, 1.807) is 18.2 Å². The molecule has 25 heavy (non-hydrogen) atoms. The van der Waals surface area contributed by atoms with Crippen molar-refractivity contribution in [1.29, 1.82) is 0 Å². The molecule has 3 aromatic rings. The molecule has 1 aromatic heterocycles. The van der Waals surface area contributed by atoms with Gasteiger partial charge in [0.15, 0.2) is 5.75 Å². The van der Waals surface area contributed by atoms with E-state index in [-0.39, 0.29) is 11.6 Å². The number of nitrogens with one attached hydrogen (secondary N) is 2. The van der Waals surface area contributed by atoms with Gasteiger partial charge in [-0.25, -0.2) is 4.79 Å². The number of halogens is 3. The first-order chi connectivity index (χ1) is 11.8. The van der Waals surface area contributed by atoms with Gasteiger partial charge in [-0.2, -0.15) is 0 Å². The highest BCUT2D eigenvalue weighted by Gasteiger charge is 2.13. The Kier molecular flexibility index (Phi) is 5.82. The second kappa shape index (κ2) is 7.73. The standard InChI is InChI=1S/C16H11I3N2O4/c17-9-6-8(1-2-13(9)22)25-14-10(18)3-7(4-11(14)19)5-12-15(23)21-16(24)20-12/h1-4,6,22-23H,5H2,(H2,20,21,24). The molecular formula is C16H11I3N2O4. The van der Waals surface area contributed by atoms with E-state index in [0.717, 1.165) is 18.5 Å². The van der Waals surface area contributed by atoms with Crippen molar-refractivity contribution >= 4 is 67.8 Å². The van der Waals surface area contributed by atoms with Crippen LogP contribution in [0.2, 0.25) is 0 Å². The largest absolute Gasteiger partial charge is 0.507 e. The van der Waals surface area contributed by atoms with Crippen molar-refractivity contribution in [3.63, 3.8) is 0 Å². The molecule has 0 bridgehead atoms. The van der Waals surface area contributed by atoms with E-state index in [9.17, 15) is 15.0 Å². The number of phenolic OH excluding ortho intramolecular Hbond substituents is 1. The fourth-order valence-electron chi connectivity index (χ4n) is 2.22. The minimum atomic E-state index is -0.432. The average molecular weight is 676 g/mol. The Labute approximate surface area is 183 Å². The number of benzene rings is 2. The predicted octanol–water partition coefficient (Wildman–Crippen LogP) is 4.31. The number of H-pyrrole nitrogens is 2. The van der Waals surface area contributed by atoms with Gasteiger partial charge in [-0.3, -0.25) is 4.98 Å². The SMILES string of the molecule is O=c1[nH]c(O)c(Cc2cc(I)c(Oc3ccc(O)c(I)c3)c(I)c2)[nH]1. The maximum atomic E-state index is 11.2. The van der Waals surface area contributed by atoms with Gasteiger partial charge >= 0.3 is 5.69 Å². The molecular weight excluding hydrogens is 665 g/mol. The van der Waals surface area contributed by atoms with Gasteiger partial charge in [0, 0.05) is 6.42 Å². The summed E-state index contributed by atoms with van der Waals surface area (Å²) in [6.45, 7) is 0. The lowest BCUT2D eigenvalue weighted by Crippen LogP contribution is -2.01. The van der Waals surface area contributed by atoms with E-state index in [1.165, 1.54) is 0 Å². The van der Waals surface area contributed by atoms with Crippen LogP contribution in [-0.2, 0) is 6.42 Å². The van der Waals surface area contributed by atoms with Crippen LogP contribution in [0.5, 0.6) is 23.1 Å². The fourth-order valence-corrected chi connectivity index (χ4v) is 4.83. The van der Waals surface area contributed by atoms with Gasteiger partial charge < -0.3 is 19.9 Å². The van der Waals surface area contributed by atoms with Crippen LogP contribution in [0.4, 0.5) is 0 Å². The number of ether oxygens (including phenoxy) is 1. The van der Waals surface area contributed by atoms with Crippen molar-refractivity contribution < 1.29 is 14.9 Å². The summed E-state index contributed by atoms with van der Waals surface area (Å²) in [5.74, 6) is 1.43. The second-order valence-electron chi connectivity index (χ2n) is 5.19. The Morgan fingerprint density at radius 2 is 1.64 bits per heavy atom. The highest BCUT2D eigenvalue weighted by atomic mass is 127. The van der Waals surface area contributed by atoms with Crippen LogP contribution in [0, 0.1) is 10.7 Å². The molecule has 6 nitrogen and oxygen atoms in total. The molecule has 4 N–H and O–H groups in total. The Bertz CT molecular complexity index is 974. The summed E-state index contributed by atoms with van der Waals surface area (Å²) in [7, 11) is 0.